The number of aryl methyl sites for hydroxylation is 2. The molecule has 1 aromatic heterocycles. The molecule has 2 aromatic carbocycles. The molecule has 5 nitrogen and oxygen atoms in total. The summed E-state index contributed by atoms with van der Waals surface area (Å²) in [5.74, 6) is -0.246. The second-order valence-electron chi connectivity index (χ2n) is 6.59. The molecule has 3 aromatic rings. The minimum absolute atomic E-state index is 0.296. The first-order valence-corrected chi connectivity index (χ1v) is 10.0. The molecule has 1 aliphatic rings. The Morgan fingerprint density at radius 2 is 1.68 bits per heavy atom. The third-order valence-corrected chi connectivity index (χ3v) is 5.86. The standard InChI is InChI=1S/C22H20N2O3S/c25-21(23-24-22(26)20-13-16-9-6-12-19(16)28-20)17-10-4-5-11-18(17)27-14-15-7-2-1-3-8-15/h1-5,7-8,10-11,13H,6,9,12,14H2,(H,23,25)(H,24,26). The molecule has 0 fully saturated rings. The molecule has 2 amide bonds. The average molecular weight is 392 g/mol. The van der Waals surface area contributed by atoms with E-state index >= 15 is 0 Å². The Labute approximate surface area is 167 Å². The highest BCUT2D eigenvalue weighted by Gasteiger charge is 2.19. The lowest BCUT2D eigenvalue weighted by molar-refractivity contribution is 0.0846. The van der Waals surface area contributed by atoms with Crippen LogP contribution in [0.4, 0.5) is 0 Å². The predicted octanol–water partition coefficient (Wildman–Crippen LogP) is 3.89. The zero-order chi connectivity index (χ0) is 19.3. The minimum Gasteiger partial charge on any atom is -0.488 e. The number of rotatable bonds is 5. The fourth-order valence-corrected chi connectivity index (χ4v) is 4.35. The van der Waals surface area contributed by atoms with E-state index < -0.39 is 5.91 Å². The monoisotopic (exact) mass is 392 g/mol. The predicted molar refractivity (Wildman–Crippen MR) is 108 cm³/mol. The van der Waals surface area contributed by atoms with E-state index in [0.717, 1.165) is 24.8 Å². The highest BCUT2D eigenvalue weighted by atomic mass is 32.1. The molecule has 1 heterocycles. The minimum atomic E-state index is -0.416. The summed E-state index contributed by atoms with van der Waals surface area (Å²) in [6, 6.07) is 18.6. The first kappa shape index (κ1) is 18.3. The van der Waals surface area contributed by atoms with Gasteiger partial charge in [-0.25, -0.2) is 0 Å². The lowest BCUT2D eigenvalue weighted by Crippen LogP contribution is -2.41. The zero-order valence-electron chi connectivity index (χ0n) is 15.2. The molecule has 142 valence electrons. The van der Waals surface area contributed by atoms with Gasteiger partial charge in [-0.2, -0.15) is 0 Å². The maximum atomic E-state index is 12.5. The van der Waals surface area contributed by atoms with Crippen LogP contribution in [0.3, 0.4) is 0 Å². The van der Waals surface area contributed by atoms with Crippen LogP contribution in [0.1, 0.15) is 42.5 Å². The van der Waals surface area contributed by atoms with E-state index in [-0.39, 0.29) is 5.91 Å². The molecular formula is C22H20N2O3S. The van der Waals surface area contributed by atoms with Crippen molar-refractivity contribution in [1.82, 2.24) is 10.9 Å². The number of carbonyl (C=O) groups excluding carboxylic acids is 2. The zero-order valence-corrected chi connectivity index (χ0v) is 16.1. The Kier molecular flexibility index (Phi) is 5.39. The van der Waals surface area contributed by atoms with Crippen molar-refractivity contribution in [3.05, 3.63) is 87.1 Å². The number of para-hydroxylation sites is 1. The lowest BCUT2D eigenvalue weighted by atomic mass is 10.2. The van der Waals surface area contributed by atoms with E-state index in [1.165, 1.54) is 21.8 Å². The molecule has 1 aliphatic carbocycles. The van der Waals surface area contributed by atoms with E-state index in [1.54, 1.807) is 18.2 Å². The van der Waals surface area contributed by atoms with Crippen molar-refractivity contribution in [3.8, 4) is 5.75 Å². The van der Waals surface area contributed by atoms with Crippen molar-refractivity contribution < 1.29 is 14.3 Å². The fourth-order valence-electron chi connectivity index (χ4n) is 3.20. The second-order valence-corrected chi connectivity index (χ2v) is 7.73. The summed E-state index contributed by atoms with van der Waals surface area (Å²) in [4.78, 5) is 26.8. The Balaban J connectivity index is 1.38. The third kappa shape index (κ3) is 4.07. The Bertz CT molecular complexity index is 977. The third-order valence-electron chi connectivity index (χ3n) is 4.63. The smallest absolute Gasteiger partial charge is 0.279 e. The number of benzene rings is 2. The number of carbonyl (C=O) groups is 2. The number of hydrazine groups is 1. The molecule has 0 aliphatic heterocycles. The van der Waals surface area contributed by atoms with Crippen LogP contribution >= 0.6 is 11.3 Å². The van der Waals surface area contributed by atoms with Crippen LogP contribution in [-0.2, 0) is 19.4 Å². The number of ether oxygens (including phenoxy) is 1. The van der Waals surface area contributed by atoms with Gasteiger partial charge < -0.3 is 4.74 Å². The molecule has 0 spiro atoms. The normalized spacial score (nSPS) is 12.3. The van der Waals surface area contributed by atoms with Crippen LogP contribution in [0.5, 0.6) is 5.75 Å². The van der Waals surface area contributed by atoms with Gasteiger partial charge in [-0.15, -0.1) is 11.3 Å². The SMILES string of the molecule is O=C(NNC(=O)c1ccccc1OCc1ccccc1)c1cc2c(s1)CCC2. The van der Waals surface area contributed by atoms with Gasteiger partial charge in [-0.3, -0.25) is 20.4 Å². The topological polar surface area (TPSA) is 67.4 Å². The van der Waals surface area contributed by atoms with Crippen LogP contribution in [-0.4, -0.2) is 11.8 Å². The number of thiophene rings is 1. The van der Waals surface area contributed by atoms with Crippen LogP contribution in [0, 0.1) is 0 Å². The first-order valence-electron chi connectivity index (χ1n) is 9.19. The van der Waals surface area contributed by atoms with Gasteiger partial charge >= 0.3 is 0 Å². The summed E-state index contributed by atoms with van der Waals surface area (Å²) in [6.45, 7) is 0.359. The van der Waals surface area contributed by atoms with E-state index in [9.17, 15) is 9.59 Å². The Hall–Kier alpha value is -3.12. The van der Waals surface area contributed by atoms with Crippen molar-refractivity contribution in [3.63, 3.8) is 0 Å². The van der Waals surface area contributed by atoms with Crippen LogP contribution in [0.15, 0.2) is 60.7 Å². The number of amides is 2. The van der Waals surface area contributed by atoms with Crippen molar-refractivity contribution in [2.75, 3.05) is 0 Å². The molecule has 28 heavy (non-hydrogen) atoms. The maximum absolute atomic E-state index is 12.5. The van der Waals surface area contributed by atoms with Crippen molar-refractivity contribution >= 4 is 23.2 Å². The largest absolute Gasteiger partial charge is 0.488 e. The van der Waals surface area contributed by atoms with Gasteiger partial charge in [-0.1, -0.05) is 42.5 Å². The van der Waals surface area contributed by atoms with Crippen LogP contribution in [0.25, 0.3) is 0 Å². The Morgan fingerprint density at radius 3 is 2.50 bits per heavy atom. The van der Waals surface area contributed by atoms with Gasteiger partial charge in [0.25, 0.3) is 11.8 Å². The van der Waals surface area contributed by atoms with E-state index in [0.29, 0.717) is 22.8 Å². The average Bonchev–Trinajstić information content (AvgIpc) is 3.33. The summed E-state index contributed by atoms with van der Waals surface area (Å²) in [5.41, 5.74) is 7.62. The van der Waals surface area contributed by atoms with E-state index in [4.69, 9.17) is 4.74 Å². The molecule has 0 atom stereocenters. The molecular weight excluding hydrogens is 372 g/mol. The van der Waals surface area contributed by atoms with E-state index in [1.807, 2.05) is 42.5 Å². The highest BCUT2D eigenvalue weighted by molar-refractivity contribution is 7.14. The number of hydrogen-bond donors (Lipinski definition) is 2. The van der Waals surface area contributed by atoms with E-state index in [2.05, 4.69) is 10.9 Å². The van der Waals surface area contributed by atoms with Crippen molar-refractivity contribution in [2.45, 2.75) is 25.9 Å². The molecule has 0 saturated carbocycles. The van der Waals surface area contributed by atoms with Gasteiger partial charge in [-0.05, 0) is 48.6 Å². The summed E-state index contributed by atoms with van der Waals surface area (Å²) in [7, 11) is 0. The Morgan fingerprint density at radius 1 is 0.929 bits per heavy atom. The molecule has 4 rings (SSSR count). The van der Waals surface area contributed by atoms with Crippen molar-refractivity contribution in [1.29, 1.82) is 0 Å². The number of nitrogens with one attached hydrogen (secondary N) is 2. The molecule has 0 saturated heterocycles. The fraction of sp³-hybridized carbons (Fsp3) is 0.182. The highest BCUT2D eigenvalue weighted by Crippen LogP contribution is 2.30. The van der Waals surface area contributed by atoms with Crippen LogP contribution in [0.2, 0.25) is 0 Å². The molecule has 2 N–H and O–H groups in total. The summed E-state index contributed by atoms with van der Waals surface area (Å²) >= 11 is 1.50. The number of hydrogen-bond acceptors (Lipinski definition) is 4. The summed E-state index contributed by atoms with van der Waals surface area (Å²) in [5, 5.41) is 0. The quantitative estimate of drug-likeness (QED) is 0.648. The first-order chi connectivity index (χ1) is 13.7. The molecule has 0 unspecified atom stereocenters. The van der Waals surface area contributed by atoms with Gasteiger partial charge in [0.05, 0.1) is 10.4 Å². The molecule has 0 radical (unpaired) electrons. The summed E-state index contributed by atoms with van der Waals surface area (Å²) in [6.07, 6.45) is 3.21. The molecule has 0 bridgehead atoms. The summed E-state index contributed by atoms with van der Waals surface area (Å²) < 4.78 is 5.81. The molecule has 6 heteroatoms. The number of fused-ring (bicyclic) bond motifs is 1. The second kappa shape index (κ2) is 8.27. The van der Waals surface area contributed by atoms with Gasteiger partial charge in [0.2, 0.25) is 0 Å². The van der Waals surface area contributed by atoms with Crippen LogP contribution < -0.4 is 15.6 Å². The van der Waals surface area contributed by atoms with Crippen molar-refractivity contribution in [2.24, 2.45) is 0 Å². The van der Waals surface area contributed by atoms with Gasteiger partial charge in [0, 0.05) is 4.88 Å². The lowest BCUT2D eigenvalue weighted by Gasteiger charge is -2.12. The van der Waals surface area contributed by atoms with Gasteiger partial charge in [0.15, 0.2) is 0 Å². The maximum Gasteiger partial charge on any atom is 0.279 e. The van der Waals surface area contributed by atoms with Gasteiger partial charge in [0.1, 0.15) is 12.4 Å².